The summed E-state index contributed by atoms with van der Waals surface area (Å²) in [4.78, 5) is 17.3. The van der Waals surface area contributed by atoms with Crippen LogP contribution in [-0.4, -0.2) is 44.1 Å². The van der Waals surface area contributed by atoms with Gasteiger partial charge in [0.2, 0.25) is 0 Å². The van der Waals surface area contributed by atoms with E-state index in [2.05, 4.69) is 17.0 Å². The summed E-state index contributed by atoms with van der Waals surface area (Å²) < 4.78 is 11.0. The van der Waals surface area contributed by atoms with Crippen LogP contribution in [0.4, 0.5) is 5.69 Å². The van der Waals surface area contributed by atoms with Gasteiger partial charge in [0.1, 0.15) is 18.1 Å². The predicted molar refractivity (Wildman–Crippen MR) is 123 cm³/mol. The molecule has 0 saturated carbocycles. The zero-order chi connectivity index (χ0) is 21.5. The fourth-order valence-electron chi connectivity index (χ4n) is 3.78. The highest BCUT2D eigenvalue weighted by atomic mass is 16.5. The van der Waals surface area contributed by atoms with Crippen LogP contribution in [0.15, 0.2) is 78.9 Å². The summed E-state index contributed by atoms with van der Waals surface area (Å²) in [6.45, 7) is 3.72. The highest BCUT2D eigenvalue weighted by Gasteiger charge is 2.20. The molecule has 3 aromatic carbocycles. The van der Waals surface area contributed by atoms with Crippen molar-refractivity contribution in [2.75, 3.05) is 38.2 Å². The molecule has 5 heteroatoms. The largest absolute Gasteiger partial charge is 0.497 e. The molecule has 1 aliphatic heterocycles. The molecule has 5 nitrogen and oxygen atoms in total. The average Bonchev–Trinajstić information content (AvgIpc) is 3.10. The maximum Gasteiger partial charge on any atom is 0.253 e. The first kappa shape index (κ1) is 20.8. The molecule has 0 bridgehead atoms. The Hall–Kier alpha value is -3.47. The number of carbonyl (C=O) groups is 1. The first-order chi connectivity index (χ1) is 15.2. The van der Waals surface area contributed by atoms with E-state index in [-0.39, 0.29) is 5.91 Å². The van der Waals surface area contributed by atoms with Crippen LogP contribution >= 0.6 is 0 Å². The Morgan fingerprint density at radius 1 is 0.806 bits per heavy atom. The van der Waals surface area contributed by atoms with Crippen LogP contribution in [-0.2, 0) is 6.61 Å². The van der Waals surface area contributed by atoms with E-state index in [0.29, 0.717) is 13.2 Å². The van der Waals surface area contributed by atoms with Crippen molar-refractivity contribution in [3.8, 4) is 11.5 Å². The van der Waals surface area contributed by atoms with Gasteiger partial charge in [0.25, 0.3) is 5.91 Å². The Balaban J connectivity index is 1.33. The second kappa shape index (κ2) is 10.0. The van der Waals surface area contributed by atoms with E-state index in [0.717, 1.165) is 54.4 Å². The molecule has 1 aliphatic rings. The molecule has 3 aromatic rings. The van der Waals surface area contributed by atoms with Gasteiger partial charge in [-0.2, -0.15) is 0 Å². The van der Waals surface area contributed by atoms with Gasteiger partial charge in [0, 0.05) is 37.4 Å². The smallest absolute Gasteiger partial charge is 0.253 e. The SMILES string of the molecule is COc1ccc(N2CCCN(C(=O)c3ccc(COc4ccccc4)cc3)CC2)cc1. The van der Waals surface area contributed by atoms with Crippen LogP contribution in [0.5, 0.6) is 11.5 Å². The lowest BCUT2D eigenvalue weighted by Gasteiger charge is -2.24. The van der Waals surface area contributed by atoms with Crippen molar-refractivity contribution in [1.82, 2.24) is 4.90 Å². The Morgan fingerprint density at radius 2 is 1.55 bits per heavy atom. The first-order valence-electron chi connectivity index (χ1n) is 10.7. The summed E-state index contributed by atoms with van der Waals surface area (Å²) in [5.74, 6) is 1.79. The fraction of sp³-hybridized carbons (Fsp3) is 0.269. The molecule has 4 rings (SSSR count). The molecule has 1 amide bonds. The van der Waals surface area contributed by atoms with E-state index in [1.165, 1.54) is 0 Å². The highest BCUT2D eigenvalue weighted by Crippen LogP contribution is 2.21. The fourth-order valence-corrected chi connectivity index (χ4v) is 3.78. The number of hydrogen-bond acceptors (Lipinski definition) is 4. The van der Waals surface area contributed by atoms with E-state index in [4.69, 9.17) is 9.47 Å². The minimum Gasteiger partial charge on any atom is -0.497 e. The number of ether oxygens (including phenoxy) is 2. The normalized spacial score (nSPS) is 14.1. The van der Waals surface area contributed by atoms with Crippen LogP contribution in [0, 0.1) is 0 Å². The molecule has 0 unspecified atom stereocenters. The number of benzene rings is 3. The van der Waals surface area contributed by atoms with E-state index < -0.39 is 0 Å². The maximum absolute atomic E-state index is 13.0. The van der Waals surface area contributed by atoms with Crippen molar-refractivity contribution >= 4 is 11.6 Å². The molecule has 1 heterocycles. The minimum atomic E-state index is 0.0899. The molecule has 0 radical (unpaired) electrons. The number of methoxy groups -OCH3 is 1. The predicted octanol–water partition coefficient (Wildman–Crippen LogP) is 4.63. The number of para-hydroxylation sites is 1. The van der Waals surface area contributed by atoms with Gasteiger partial charge in [-0.05, 0) is 60.5 Å². The third-order valence-electron chi connectivity index (χ3n) is 5.57. The van der Waals surface area contributed by atoms with Crippen molar-refractivity contribution in [1.29, 1.82) is 0 Å². The Morgan fingerprint density at radius 3 is 2.26 bits per heavy atom. The van der Waals surface area contributed by atoms with Crippen LogP contribution < -0.4 is 14.4 Å². The maximum atomic E-state index is 13.0. The molecule has 1 saturated heterocycles. The molecule has 0 aromatic heterocycles. The Labute approximate surface area is 183 Å². The lowest BCUT2D eigenvalue weighted by Crippen LogP contribution is -2.35. The summed E-state index contributed by atoms with van der Waals surface area (Å²) in [5.41, 5.74) is 2.93. The van der Waals surface area contributed by atoms with Gasteiger partial charge in [0.05, 0.1) is 7.11 Å². The van der Waals surface area contributed by atoms with Gasteiger partial charge in [0.15, 0.2) is 0 Å². The molecule has 1 fully saturated rings. The topological polar surface area (TPSA) is 42.0 Å². The van der Waals surface area contributed by atoms with Crippen molar-refractivity contribution in [3.63, 3.8) is 0 Å². The molecular weight excluding hydrogens is 388 g/mol. The third-order valence-corrected chi connectivity index (χ3v) is 5.57. The number of rotatable bonds is 6. The standard InChI is InChI=1S/C26H28N2O3/c1-30-24-14-12-23(13-15-24)27-16-5-17-28(19-18-27)26(29)22-10-8-21(9-11-22)20-31-25-6-3-2-4-7-25/h2-4,6-15H,5,16-20H2,1H3. The van der Waals surface area contributed by atoms with Gasteiger partial charge in [-0.3, -0.25) is 4.79 Å². The minimum absolute atomic E-state index is 0.0899. The summed E-state index contributed by atoms with van der Waals surface area (Å²) in [6, 6.07) is 25.6. The summed E-state index contributed by atoms with van der Waals surface area (Å²) in [5, 5.41) is 0. The molecule has 0 aliphatic carbocycles. The highest BCUT2D eigenvalue weighted by molar-refractivity contribution is 5.94. The van der Waals surface area contributed by atoms with Gasteiger partial charge in [-0.1, -0.05) is 30.3 Å². The van der Waals surface area contributed by atoms with Crippen LogP contribution in [0.1, 0.15) is 22.3 Å². The second-order valence-corrected chi connectivity index (χ2v) is 7.63. The van der Waals surface area contributed by atoms with Gasteiger partial charge in [-0.25, -0.2) is 0 Å². The van der Waals surface area contributed by atoms with E-state index in [1.54, 1.807) is 7.11 Å². The monoisotopic (exact) mass is 416 g/mol. The zero-order valence-electron chi connectivity index (χ0n) is 17.9. The number of anilines is 1. The second-order valence-electron chi connectivity index (χ2n) is 7.63. The van der Waals surface area contributed by atoms with E-state index in [1.807, 2.05) is 71.6 Å². The third kappa shape index (κ3) is 5.37. The summed E-state index contributed by atoms with van der Waals surface area (Å²) >= 11 is 0. The van der Waals surface area contributed by atoms with Crippen LogP contribution in [0.3, 0.4) is 0 Å². The summed E-state index contributed by atoms with van der Waals surface area (Å²) in [7, 11) is 1.67. The van der Waals surface area contributed by atoms with Crippen molar-refractivity contribution < 1.29 is 14.3 Å². The molecule has 31 heavy (non-hydrogen) atoms. The number of nitrogens with zero attached hydrogens (tertiary/aromatic N) is 2. The molecule has 0 atom stereocenters. The number of carbonyl (C=O) groups excluding carboxylic acids is 1. The Kier molecular flexibility index (Phi) is 6.72. The zero-order valence-corrected chi connectivity index (χ0v) is 17.9. The van der Waals surface area contributed by atoms with Gasteiger partial charge < -0.3 is 19.3 Å². The van der Waals surface area contributed by atoms with Crippen molar-refractivity contribution in [2.24, 2.45) is 0 Å². The van der Waals surface area contributed by atoms with E-state index >= 15 is 0 Å². The molecule has 0 N–H and O–H groups in total. The lowest BCUT2D eigenvalue weighted by atomic mass is 10.1. The van der Waals surface area contributed by atoms with Gasteiger partial charge >= 0.3 is 0 Å². The molecular formula is C26H28N2O3. The Bertz CT molecular complexity index is 972. The number of amides is 1. The van der Waals surface area contributed by atoms with Crippen molar-refractivity contribution in [3.05, 3.63) is 90.0 Å². The number of hydrogen-bond donors (Lipinski definition) is 0. The lowest BCUT2D eigenvalue weighted by molar-refractivity contribution is 0.0767. The quantitative estimate of drug-likeness (QED) is 0.588. The van der Waals surface area contributed by atoms with Gasteiger partial charge in [-0.15, -0.1) is 0 Å². The van der Waals surface area contributed by atoms with Crippen LogP contribution in [0.25, 0.3) is 0 Å². The van der Waals surface area contributed by atoms with Crippen molar-refractivity contribution in [2.45, 2.75) is 13.0 Å². The first-order valence-corrected chi connectivity index (χ1v) is 10.7. The molecule has 0 spiro atoms. The summed E-state index contributed by atoms with van der Waals surface area (Å²) in [6.07, 6.45) is 0.945. The molecule has 160 valence electrons. The van der Waals surface area contributed by atoms with E-state index in [9.17, 15) is 4.79 Å². The average molecular weight is 417 g/mol. The van der Waals surface area contributed by atoms with Crippen LogP contribution in [0.2, 0.25) is 0 Å².